The van der Waals surface area contributed by atoms with Crippen LogP contribution in [0, 0.1) is 6.92 Å². The molecule has 1 aromatic carbocycles. The predicted octanol–water partition coefficient (Wildman–Crippen LogP) is 4.96. The van der Waals surface area contributed by atoms with Crippen LogP contribution in [0.5, 0.6) is 0 Å². The number of carbonyl (C=O) groups excluding carboxylic acids is 1. The molecule has 0 saturated heterocycles. The highest BCUT2D eigenvalue weighted by atomic mass is 32.1. The third-order valence-corrected chi connectivity index (χ3v) is 5.19. The number of urea groups is 1. The lowest BCUT2D eigenvalue weighted by molar-refractivity contribution is 0.247. The lowest BCUT2D eigenvalue weighted by Gasteiger charge is -2.17. The number of aryl methyl sites for hydroxylation is 1. The molecule has 1 aliphatic carbocycles. The summed E-state index contributed by atoms with van der Waals surface area (Å²) in [4.78, 5) is 16.7. The fraction of sp³-hybridized carbons (Fsp3) is 0.444. The highest BCUT2D eigenvalue weighted by Gasteiger charge is 2.14. The van der Waals surface area contributed by atoms with Crippen molar-refractivity contribution >= 4 is 23.1 Å². The first-order chi connectivity index (χ1) is 11.2. The van der Waals surface area contributed by atoms with Crippen LogP contribution < -0.4 is 10.6 Å². The molecular formula is C18H23N3OS. The van der Waals surface area contributed by atoms with Gasteiger partial charge < -0.3 is 10.6 Å². The van der Waals surface area contributed by atoms with Gasteiger partial charge in [-0.2, -0.15) is 0 Å². The third-order valence-electron chi connectivity index (χ3n) is 4.18. The lowest BCUT2D eigenvalue weighted by atomic mass is 10.1. The Labute approximate surface area is 141 Å². The summed E-state index contributed by atoms with van der Waals surface area (Å²) >= 11 is 1.62. The van der Waals surface area contributed by atoms with Gasteiger partial charge in [0.2, 0.25) is 0 Å². The van der Waals surface area contributed by atoms with Crippen molar-refractivity contribution in [2.45, 2.75) is 51.5 Å². The first kappa shape index (κ1) is 16.0. The molecule has 2 aromatic rings. The lowest BCUT2D eigenvalue weighted by Crippen LogP contribution is -2.37. The van der Waals surface area contributed by atoms with Crippen LogP contribution in [0.15, 0.2) is 29.6 Å². The molecule has 0 atom stereocenters. The summed E-state index contributed by atoms with van der Waals surface area (Å²) in [5, 5.41) is 9.08. The first-order valence-electron chi connectivity index (χ1n) is 8.31. The number of nitrogens with zero attached hydrogens (tertiary/aromatic N) is 1. The summed E-state index contributed by atoms with van der Waals surface area (Å²) in [5.41, 5.74) is 2.87. The van der Waals surface area contributed by atoms with Gasteiger partial charge in [0.25, 0.3) is 0 Å². The zero-order chi connectivity index (χ0) is 16.1. The van der Waals surface area contributed by atoms with Gasteiger partial charge in [0.15, 0.2) is 0 Å². The quantitative estimate of drug-likeness (QED) is 0.782. The van der Waals surface area contributed by atoms with Crippen LogP contribution in [0.3, 0.4) is 0 Å². The minimum absolute atomic E-state index is 0.107. The number of anilines is 1. The standard InChI is InChI=1S/C18H23N3OS/c1-13-12-23-17(19-13)14-7-6-10-16(11-14)21-18(22)20-15-8-4-2-3-5-9-15/h6-7,10-12,15H,2-5,8-9H2,1H3,(H2,20,21,22). The number of nitrogens with one attached hydrogen (secondary N) is 2. The van der Waals surface area contributed by atoms with Crippen molar-refractivity contribution in [2.24, 2.45) is 0 Å². The van der Waals surface area contributed by atoms with Gasteiger partial charge in [-0.15, -0.1) is 11.3 Å². The fourth-order valence-electron chi connectivity index (χ4n) is 2.99. The van der Waals surface area contributed by atoms with Gasteiger partial charge in [0.05, 0.1) is 0 Å². The first-order valence-corrected chi connectivity index (χ1v) is 9.19. The molecule has 3 rings (SSSR count). The van der Waals surface area contributed by atoms with Crippen LogP contribution >= 0.6 is 11.3 Å². The van der Waals surface area contributed by atoms with E-state index in [1.165, 1.54) is 25.7 Å². The van der Waals surface area contributed by atoms with Crippen molar-refractivity contribution in [2.75, 3.05) is 5.32 Å². The summed E-state index contributed by atoms with van der Waals surface area (Å²) in [5.74, 6) is 0. The van der Waals surface area contributed by atoms with E-state index >= 15 is 0 Å². The number of rotatable bonds is 3. The second-order valence-corrected chi connectivity index (χ2v) is 7.02. The minimum Gasteiger partial charge on any atom is -0.335 e. The van der Waals surface area contributed by atoms with Crippen molar-refractivity contribution in [3.63, 3.8) is 0 Å². The normalized spacial score (nSPS) is 15.9. The molecule has 0 unspecified atom stereocenters. The highest BCUT2D eigenvalue weighted by molar-refractivity contribution is 7.13. The van der Waals surface area contributed by atoms with Crippen LogP contribution in [-0.4, -0.2) is 17.1 Å². The Bertz CT molecular complexity index is 660. The number of amides is 2. The van der Waals surface area contributed by atoms with Crippen LogP contribution in [0.1, 0.15) is 44.2 Å². The van der Waals surface area contributed by atoms with Crippen LogP contribution in [0.25, 0.3) is 10.6 Å². The number of carbonyl (C=O) groups is 1. The molecule has 5 heteroatoms. The van der Waals surface area contributed by atoms with Gasteiger partial charge in [-0.3, -0.25) is 0 Å². The summed E-state index contributed by atoms with van der Waals surface area (Å²) in [7, 11) is 0. The van der Waals surface area contributed by atoms with Crippen LogP contribution in [0.2, 0.25) is 0 Å². The number of hydrogen-bond donors (Lipinski definition) is 2. The second kappa shape index (κ2) is 7.59. The molecule has 1 aliphatic rings. The van der Waals surface area contributed by atoms with Gasteiger partial charge in [-0.25, -0.2) is 9.78 Å². The van der Waals surface area contributed by atoms with E-state index in [2.05, 4.69) is 15.6 Å². The van der Waals surface area contributed by atoms with E-state index in [1.54, 1.807) is 11.3 Å². The van der Waals surface area contributed by atoms with Gasteiger partial charge in [0, 0.05) is 28.4 Å². The van der Waals surface area contributed by atoms with Gasteiger partial charge >= 0.3 is 6.03 Å². The zero-order valence-corrected chi connectivity index (χ0v) is 14.3. The van der Waals surface area contributed by atoms with Gasteiger partial charge in [0.1, 0.15) is 5.01 Å². The van der Waals surface area contributed by atoms with E-state index in [1.807, 2.05) is 36.6 Å². The number of benzene rings is 1. The molecule has 0 aliphatic heterocycles. The van der Waals surface area contributed by atoms with Crippen molar-refractivity contribution in [1.82, 2.24) is 10.3 Å². The number of aromatic nitrogens is 1. The Kier molecular flexibility index (Phi) is 5.28. The van der Waals surface area contributed by atoms with Crippen molar-refractivity contribution in [3.8, 4) is 10.6 Å². The minimum atomic E-state index is -0.107. The maximum Gasteiger partial charge on any atom is 0.319 e. The Balaban J connectivity index is 1.62. The molecule has 0 radical (unpaired) electrons. The van der Waals surface area contributed by atoms with E-state index in [0.29, 0.717) is 6.04 Å². The molecule has 0 bridgehead atoms. The molecule has 1 fully saturated rings. The fourth-order valence-corrected chi connectivity index (χ4v) is 3.79. The SMILES string of the molecule is Cc1csc(-c2cccc(NC(=O)NC3CCCCCC3)c2)n1. The van der Waals surface area contributed by atoms with Crippen LogP contribution in [-0.2, 0) is 0 Å². The van der Waals surface area contributed by atoms with Gasteiger partial charge in [-0.1, -0.05) is 37.8 Å². The molecule has 23 heavy (non-hydrogen) atoms. The maximum absolute atomic E-state index is 12.2. The van der Waals surface area contributed by atoms with E-state index in [9.17, 15) is 4.79 Å². The molecule has 2 N–H and O–H groups in total. The average molecular weight is 329 g/mol. The Morgan fingerprint density at radius 3 is 2.70 bits per heavy atom. The van der Waals surface area contributed by atoms with Crippen molar-refractivity contribution < 1.29 is 4.79 Å². The number of hydrogen-bond acceptors (Lipinski definition) is 3. The number of thiazole rings is 1. The van der Waals surface area contributed by atoms with E-state index < -0.39 is 0 Å². The summed E-state index contributed by atoms with van der Waals surface area (Å²) in [6.45, 7) is 1.99. The van der Waals surface area contributed by atoms with Crippen molar-refractivity contribution in [3.05, 3.63) is 35.3 Å². The molecular weight excluding hydrogens is 306 g/mol. The van der Waals surface area contributed by atoms with Crippen molar-refractivity contribution in [1.29, 1.82) is 0 Å². The monoisotopic (exact) mass is 329 g/mol. The summed E-state index contributed by atoms with van der Waals surface area (Å²) < 4.78 is 0. The average Bonchev–Trinajstić information content (AvgIpc) is 2.81. The Morgan fingerprint density at radius 1 is 1.22 bits per heavy atom. The second-order valence-electron chi connectivity index (χ2n) is 6.16. The van der Waals surface area contributed by atoms with E-state index in [-0.39, 0.29) is 6.03 Å². The zero-order valence-electron chi connectivity index (χ0n) is 13.5. The Hall–Kier alpha value is -1.88. The molecule has 1 aromatic heterocycles. The smallest absolute Gasteiger partial charge is 0.319 e. The summed E-state index contributed by atoms with van der Waals surface area (Å²) in [6.07, 6.45) is 7.18. The third kappa shape index (κ3) is 4.55. The predicted molar refractivity (Wildman–Crippen MR) is 95.9 cm³/mol. The topological polar surface area (TPSA) is 54.0 Å². The van der Waals surface area contributed by atoms with Gasteiger partial charge in [-0.05, 0) is 31.9 Å². The Morgan fingerprint density at radius 2 is 2.00 bits per heavy atom. The van der Waals surface area contributed by atoms with Crippen LogP contribution in [0.4, 0.5) is 10.5 Å². The molecule has 122 valence electrons. The molecule has 4 nitrogen and oxygen atoms in total. The summed E-state index contributed by atoms with van der Waals surface area (Å²) in [6, 6.07) is 8.06. The molecule has 1 saturated carbocycles. The van der Waals surface area contributed by atoms with E-state index in [0.717, 1.165) is 34.8 Å². The maximum atomic E-state index is 12.2. The molecule has 1 heterocycles. The largest absolute Gasteiger partial charge is 0.335 e. The molecule has 2 amide bonds. The highest BCUT2D eigenvalue weighted by Crippen LogP contribution is 2.26. The van der Waals surface area contributed by atoms with E-state index in [4.69, 9.17) is 0 Å². The molecule has 0 spiro atoms.